The van der Waals surface area contributed by atoms with Crippen molar-refractivity contribution in [1.82, 2.24) is 9.88 Å². The molecule has 22 heavy (non-hydrogen) atoms. The van der Waals surface area contributed by atoms with E-state index in [1.807, 2.05) is 6.92 Å². The molecule has 0 saturated carbocycles. The number of methoxy groups -OCH3 is 2. The average Bonchev–Trinajstić information content (AvgIpc) is 2.53. The lowest BCUT2D eigenvalue weighted by Gasteiger charge is -2.16. The Balaban J connectivity index is 2.13. The number of likely N-dealkylation sites (N-methyl/N-ethyl adjacent to an activating group) is 1. The Kier molecular flexibility index (Phi) is 5.92. The Bertz CT molecular complexity index is 597. The highest BCUT2D eigenvalue weighted by Crippen LogP contribution is 2.29. The van der Waals surface area contributed by atoms with E-state index in [2.05, 4.69) is 47.3 Å². The van der Waals surface area contributed by atoms with Crippen LogP contribution >= 0.6 is 0 Å². The molecule has 118 valence electrons. The van der Waals surface area contributed by atoms with Crippen LogP contribution in [0.2, 0.25) is 0 Å². The summed E-state index contributed by atoms with van der Waals surface area (Å²) in [6.45, 7) is 4.58. The summed E-state index contributed by atoms with van der Waals surface area (Å²) in [6.07, 6.45) is 1.77. The van der Waals surface area contributed by atoms with Crippen molar-refractivity contribution in [3.8, 4) is 16.9 Å². The molecule has 2 rings (SSSR count). The maximum atomic E-state index is 5.41. The van der Waals surface area contributed by atoms with E-state index < -0.39 is 0 Å². The Labute approximate surface area is 132 Å². The molecular formula is C18H24N2O2. The topological polar surface area (TPSA) is 34.6 Å². The van der Waals surface area contributed by atoms with E-state index in [9.17, 15) is 0 Å². The lowest BCUT2D eigenvalue weighted by atomic mass is 10.0. The summed E-state index contributed by atoms with van der Waals surface area (Å²) < 4.78 is 10.5. The molecule has 0 aliphatic rings. The van der Waals surface area contributed by atoms with Gasteiger partial charge in [-0.2, -0.15) is 0 Å². The fourth-order valence-corrected chi connectivity index (χ4v) is 2.36. The van der Waals surface area contributed by atoms with Crippen LogP contribution in [0.5, 0.6) is 5.75 Å². The van der Waals surface area contributed by atoms with E-state index in [0.29, 0.717) is 0 Å². The van der Waals surface area contributed by atoms with Gasteiger partial charge in [-0.3, -0.25) is 9.88 Å². The second kappa shape index (κ2) is 7.92. The van der Waals surface area contributed by atoms with E-state index in [1.54, 1.807) is 20.4 Å². The lowest BCUT2D eigenvalue weighted by Crippen LogP contribution is -2.22. The maximum absolute atomic E-state index is 5.41. The predicted molar refractivity (Wildman–Crippen MR) is 89.2 cm³/mol. The lowest BCUT2D eigenvalue weighted by molar-refractivity contribution is 0.158. The predicted octanol–water partition coefficient (Wildman–Crippen LogP) is 3.14. The van der Waals surface area contributed by atoms with Crippen LogP contribution in [-0.4, -0.2) is 44.3 Å². The van der Waals surface area contributed by atoms with Crippen molar-refractivity contribution in [2.45, 2.75) is 13.5 Å². The van der Waals surface area contributed by atoms with E-state index in [-0.39, 0.29) is 0 Å². The van der Waals surface area contributed by atoms with Gasteiger partial charge in [0.15, 0.2) is 0 Å². The van der Waals surface area contributed by atoms with Crippen molar-refractivity contribution in [3.63, 3.8) is 0 Å². The van der Waals surface area contributed by atoms with Gasteiger partial charge in [-0.05, 0) is 31.2 Å². The van der Waals surface area contributed by atoms with Crippen LogP contribution in [0.3, 0.4) is 0 Å². The van der Waals surface area contributed by atoms with Crippen LogP contribution in [-0.2, 0) is 11.3 Å². The SMILES string of the molecule is COCCN(C)Cc1ccc(-c2cc(C)ncc2OC)cc1. The quantitative estimate of drug-likeness (QED) is 0.787. The standard InChI is InChI=1S/C18H24N2O2/c1-14-11-17(18(22-4)12-19-14)16-7-5-15(6-8-16)13-20(2)9-10-21-3/h5-8,11-12H,9-10,13H2,1-4H3. The first-order valence-corrected chi connectivity index (χ1v) is 7.41. The van der Waals surface area contributed by atoms with Gasteiger partial charge in [0.05, 0.1) is 19.9 Å². The third-order valence-corrected chi connectivity index (χ3v) is 3.62. The highest BCUT2D eigenvalue weighted by molar-refractivity contribution is 5.70. The Morgan fingerprint density at radius 1 is 1.14 bits per heavy atom. The summed E-state index contributed by atoms with van der Waals surface area (Å²) in [7, 11) is 5.50. The van der Waals surface area contributed by atoms with Gasteiger partial charge < -0.3 is 9.47 Å². The van der Waals surface area contributed by atoms with Gasteiger partial charge in [0.2, 0.25) is 0 Å². The number of rotatable bonds is 7. The molecule has 1 aromatic heterocycles. The van der Waals surface area contributed by atoms with Crippen LogP contribution in [0, 0.1) is 6.92 Å². The highest BCUT2D eigenvalue weighted by atomic mass is 16.5. The summed E-state index contributed by atoms with van der Waals surface area (Å²) in [5.41, 5.74) is 4.49. The second-order valence-corrected chi connectivity index (χ2v) is 5.45. The van der Waals surface area contributed by atoms with Gasteiger partial charge in [-0.25, -0.2) is 0 Å². The first-order chi connectivity index (χ1) is 10.6. The van der Waals surface area contributed by atoms with Gasteiger partial charge in [0.1, 0.15) is 5.75 Å². The molecule has 2 aromatic rings. The Hall–Kier alpha value is -1.91. The molecule has 0 radical (unpaired) electrons. The molecule has 0 saturated heterocycles. The zero-order chi connectivity index (χ0) is 15.9. The average molecular weight is 300 g/mol. The molecule has 0 N–H and O–H groups in total. The molecule has 0 unspecified atom stereocenters. The van der Waals surface area contributed by atoms with Crippen LogP contribution in [0.15, 0.2) is 36.5 Å². The minimum Gasteiger partial charge on any atom is -0.494 e. The fourth-order valence-electron chi connectivity index (χ4n) is 2.36. The Morgan fingerprint density at radius 3 is 2.50 bits per heavy atom. The van der Waals surface area contributed by atoms with Crippen molar-refractivity contribution >= 4 is 0 Å². The monoisotopic (exact) mass is 300 g/mol. The number of nitrogens with zero attached hydrogens (tertiary/aromatic N) is 2. The van der Waals surface area contributed by atoms with Crippen molar-refractivity contribution in [3.05, 3.63) is 47.8 Å². The van der Waals surface area contributed by atoms with Crippen LogP contribution in [0.25, 0.3) is 11.1 Å². The third kappa shape index (κ3) is 4.29. The minimum absolute atomic E-state index is 0.752. The van der Waals surface area contributed by atoms with E-state index in [0.717, 1.165) is 42.3 Å². The van der Waals surface area contributed by atoms with Crippen molar-refractivity contribution in [1.29, 1.82) is 0 Å². The molecule has 1 heterocycles. The Morgan fingerprint density at radius 2 is 1.86 bits per heavy atom. The van der Waals surface area contributed by atoms with E-state index in [4.69, 9.17) is 9.47 Å². The van der Waals surface area contributed by atoms with Gasteiger partial charge >= 0.3 is 0 Å². The smallest absolute Gasteiger partial charge is 0.144 e. The largest absolute Gasteiger partial charge is 0.494 e. The molecule has 0 amide bonds. The third-order valence-electron chi connectivity index (χ3n) is 3.62. The van der Waals surface area contributed by atoms with Crippen LogP contribution in [0.4, 0.5) is 0 Å². The van der Waals surface area contributed by atoms with Gasteiger partial charge in [0, 0.05) is 31.5 Å². The summed E-state index contributed by atoms with van der Waals surface area (Å²) in [6, 6.07) is 10.6. The molecule has 0 bridgehead atoms. The zero-order valence-electron chi connectivity index (χ0n) is 13.8. The summed E-state index contributed by atoms with van der Waals surface area (Å²) in [5, 5.41) is 0. The summed E-state index contributed by atoms with van der Waals surface area (Å²) >= 11 is 0. The van der Waals surface area contributed by atoms with E-state index in [1.165, 1.54) is 5.56 Å². The summed E-state index contributed by atoms with van der Waals surface area (Å²) in [5.74, 6) is 0.801. The van der Waals surface area contributed by atoms with Crippen LogP contribution in [0.1, 0.15) is 11.3 Å². The zero-order valence-corrected chi connectivity index (χ0v) is 13.8. The second-order valence-electron chi connectivity index (χ2n) is 5.45. The first kappa shape index (κ1) is 16.5. The number of aryl methyl sites for hydroxylation is 1. The maximum Gasteiger partial charge on any atom is 0.144 e. The molecule has 0 spiro atoms. The van der Waals surface area contributed by atoms with Gasteiger partial charge in [0.25, 0.3) is 0 Å². The minimum atomic E-state index is 0.752. The molecule has 0 atom stereocenters. The number of hydrogen-bond acceptors (Lipinski definition) is 4. The van der Waals surface area contributed by atoms with Crippen molar-refractivity contribution in [2.24, 2.45) is 0 Å². The molecule has 4 heteroatoms. The number of ether oxygens (including phenoxy) is 2. The van der Waals surface area contributed by atoms with Gasteiger partial charge in [-0.15, -0.1) is 0 Å². The van der Waals surface area contributed by atoms with Crippen LogP contribution < -0.4 is 4.74 Å². The molecule has 0 aliphatic carbocycles. The van der Waals surface area contributed by atoms with E-state index >= 15 is 0 Å². The molecular weight excluding hydrogens is 276 g/mol. The molecule has 4 nitrogen and oxygen atoms in total. The molecule has 0 fully saturated rings. The summed E-state index contributed by atoms with van der Waals surface area (Å²) in [4.78, 5) is 6.52. The highest BCUT2D eigenvalue weighted by Gasteiger charge is 2.07. The fraction of sp³-hybridized carbons (Fsp3) is 0.389. The van der Waals surface area contributed by atoms with Gasteiger partial charge in [-0.1, -0.05) is 24.3 Å². The molecule has 1 aromatic carbocycles. The number of benzene rings is 1. The van der Waals surface area contributed by atoms with Crippen molar-refractivity contribution < 1.29 is 9.47 Å². The van der Waals surface area contributed by atoms with Crippen molar-refractivity contribution in [2.75, 3.05) is 34.4 Å². The molecule has 0 aliphatic heterocycles. The first-order valence-electron chi connectivity index (χ1n) is 7.41. The number of hydrogen-bond donors (Lipinski definition) is 0. The number of aromatic nitrogens is 1. The number of pyridine rings is 1. The normalized spacial score (nSPS) is 11.0.